The number of hydrogen-bond donors (Lipinski definition) is 1. The lowest BCUT2D eigenvalue weighted by atomic mass is 9.89. The van der Waals surface area contributed by atoms with E-state index in [-0.39, 0.29) is 24.4 Å². The number of hydrogen-bond acceptors (Lipinski definition) is 4. The van der Waals surface area contributed by atoms with E-state index >= 15 is 0 Å². The molecule has 4 nitrogen and oxygen atoms in total. The van der Waals surface area contributed by atoms with E-state index in [1.807, 2.05) is 59.8 Å². The number of nitrogens with zero attached hydrogens (tertiary/aromatic N) is 1. The summed E-state index contributed by atoms with van der Waals surface area (Å²) in [5.74, 6) is 1.93. The zero-order chi connectivity index (χ0) is 15.8. The van der Waals surface area contributed by atoms with E-state index in [0.29, 0.717) is 0 Å². The third-order valence-corrected chi connectivity index (χ3v) is 4.29. The van der Waals surface area contributed by atoms with Gasteiger partial charge in [-0.2, -0.15) is 0 Å². The summed E-state index contributed by atoms with van der Waals surface area (Å²) in [7, 11) is -0.330. The Morgan fingerprint density at radius 1 is 1.24 bits per heavy atom. The zero-order valence-electron chi connectivity index (χ0n) is 13.8. The Kier molecular flexibility index (Phi) is 4.29. The molecule has 0 aliphatic carbocycles. The van der Waals surface area contributed by atoms with Gasteiger partial charge in [-0.1, -0.05) is 12.1 Å². The summed E-state index contributed by atoms with van der Waals surface area (Å²) in [6.07, 6.45) is 3.81. The minimum absolute atomic E-state index is 0.0499. The fourth-order valence-electron chi connectivity index (χ4n) is 2.33. The average Bonchev–Trinajstić information content (AvgIpc) is 2.55. The molecule has 114 valence electrons. The van der Waals surface area contributed by atoms with Crippen LogP contribution in [-0.4, -0.2) is 23.3 Å². The second-order valence-corrected chi connectivity index (χ2v) is 6.74. The van der Waals surface area contributed by atoms with Gasteiger partial charge in [-0.05, 0) is 58.7 Å². The molecule has 0 spiro atoms. The van der Waals surface area contributed by atoms with Crippen molar-refractivity contribution in [2.45, 2.75) is 58.8 Å². The Morgan fingerprint density at radius 3 is 2.29 bits per heavy atom. The largest absolute Gasteiger partial charge is 0.487 e. The maximum atomic E-state index is 5.93. The van der Waals surface area contributed by atoms with Crippen LogP contribution in [0.15, 0.2) is 18.2 Å². The van der Waals surface area contributed by atoms with Crippen molar-refractivity contribution < 1.29 is 9.31 Å². The van der Waals surface area contributed by atoms with Crippen LogP contribution in [0.5, 0.6) is 0 Å². The van der Waals surface area contributed by atoms with Crippen LogP contribution in [0.1, 0.15) is 57.5 Å². The van der Waals surface area contributed by atoms with Crippen LogP contribution < -0.4 is 5.73 Å². The first-order chi connectivity index (χ1) is 9.62. The number of nitrogens with two attached hydrogens (primary N) is 1. The number of rotatable bonds is 3. The summed E-state index contributed by atoms with van der Waals surface area (Å²) in [6, 6.07) is 2.03. The van der Waals surface area contributed by atoms with Gasteiger partial charge in [0.15, 0.2) is 0 Å². The minimum atomic E-state index is -0.330. The molecule has 0 amide bonds. The van der Waals surface area contributed by atoms with Gasteiger partial charge in [0, 0.05) is 12.2 Å². The summed E-state index contributed by atoms with van der Waals surface area (Å²) < 4.78 is 11.9. The van der Waals surface area contributed by atoms with Gasteiger partial charge in [0.05, 0.1) is 16.9 Å². The first kappa shape index (κ1) is 16.2. The van der Waals surface area contributed by atoms with E-state index in [1.165, 1.54) is 0 Å². The van der Waals surface area contributed by atoms with Crippen molar-refractivity contribution in [3.05, 3.63) is 35.1 Å². The molecule has 0 saturated carbocycles. The molecule has 1 aromatic rings. The Hall–Kier alpha value is -1.17. The van der Waals surface area contributed by atoms with E-state index < -0.39 is 0 Å². The molecule has 1 fully saturated rings. The molecule has 5 heteroatoms. The lowest BCUT2D eigenvalue weighted by Crippen LogP contribution is -2.41. The SMILES string of the molecule is Cc1cc(/C=C/B2OC(C)(C)C(C)(C)O2)cnc1[C@@H](C)N. The molecule has 1 atom stereocenters. The summed E-state index contributed by atoms with van der Waals surface area (Å²) in [5.41, 5.74) is 8.31. The molecule has 1 aliphatic rings. The van der Waals surface area contributed by atoms with Crippen molar-refractivity contribution in [2.24, 2.45) is 5.73 Å². The van der Waals surface area contributed by atoms with Crippen LogP contribution in [0.2, 0.25) is 0 Å². The molecule has 21 heavy (non-hydrogen) atoms. The number of aryl methyl sites for hydroxylation is 1. The van der Waals surface area contributed by atoms with Crippen molar-refractivity contribution in [1.82, 2.24) is 4.98 Å². The molecule has 1 aromatic heterocycles. The van der Waals surface area contributed by atoms with E-state index in [4.69, 9.17) is 15.0 Å². The average molecular weight is 288 g/mol. The molecule has 2 rings (SSSR count). The Balaban J connectivity index is 2.11. The van der Waals surface area contributed by atoms with Crippen LogP contribution in [0.4, 0.5) is 0 Å². The molecular formula is C16H25BN2O2. The Morgan fingerprint density at radius 2 is 1.81 bits per heavy atom. The van der Waals surface area contributed by atoms with Crippen molar-refractivity contribution >= 4 is 13.2 Å². The predicted octanol–water partition coefficient (Wildman–Crippen LogP) is 3.05. The van der Waals surface area contributed by atoms with Crippen molar-refractivity contribution in [1.29, 1.82) is 0 Å². The molecule has 2 heterocycles. The van der Waals surface area contributed by atoms with Crippen molar-refractivity contribution in [2.75, 3.05) is 0 Å². The van der Waals surface area contributed by atoms with Crippen LogP contribution >= 0.6 is 0 Å². The standard InChI is InChI=1S/C16H25BN2O2/c1-11-9-13(10-19-14(11)12(2)18)7-8-17-20-15(3,4)16(5,6)21-17/h7-10,12H,18H2,1-6H3/b8-7+/t12-/m1/s1. The van der Waals surface area contributed by atoms with Gasteiger partial charge in [-0.25, -0.2) is 0 Å². The Bertz CT molecular complexity index is 537. The highest BCUT2D eigenvalue weighted by Crippen LogP contribution is 2.37. The van der Waals surface area contributed by atoms with Gasteiger partial charge in [0.2, 0.25) is 0 Å². The lowest BCUT2D eigenvalue weighted by Gasteiger charge is -2.32. The highest BCUT2D eigenvalue weighted by atomic mass is 16.7. The number of pyridine rings is 1. The second-order valence-electron chi connectivity index (χ2n) is 6.74. The van der Waals surface area contributed by atoms with Gasteiger partial charge in [0.25, 0.3) is 0 Å². The lowest BCUT2D eigenvalue weighted by molar-refractivity contribution is 0.00578. The monoisotopic (exact) mass is 288 g/mol. The molecule has 0 bridgehead atoms. The van der Waals surface area contributed by atoms with E-state index in [0.717, 1.165) is 16.8 Å². The molecule has 1 saturated heterocycles. The van der Waals surface area contributed by atoms with Crippen LogP contribution in [-0.2, 0) is 9.31 Å². The highest BCUT2D eigenvalue weighted by molar-refractivity contribution is 6.52. The molecule has 0 unspecified atom stereocenters. The molecule has 0 radical (unpaired) electrons. The molecule has 2 N–H and O–H groups in total. The van der Waals surface area contributed by atoms with Gasteiger partial charge in [-0.3, -0.25) is 4.98 Å². The quantitative estimate of drug-likeness (QED) is 0.868. The Labute approximate surface area is 127 Å². The van der Waals surface area contributed by atoms with Gasteiger partial charge in [-0.15, -0.1) is 0 Å². The first-order valence-electron chi connectivity index (χ1n) is 7.38. The first-order valence-corrected chi connectivity index (χ1v) is 7.38. The fraction of sp³-hybridized carbons (Fsp3) is 0.562. The van der Waals surface area contributed by atoms with E-state index in [2.05, 4.69) is 11.1 Å². The van der Waals surface area contributed by atoms with Crippen molar-refractivity contribution in [3.8, 4) is 0 Å². The molecule has 0 aromatic carbocycles. The van der Waals surface area contributed by atoms with Gasteiger partial charge < -0.3 is 15.0 Å². The number of aromatic nitrogens is 1. The zero-order valence-corrected chi connectivity index (χ0v) is 13.8. The normalized spacial score (nSPS) is 22.0. The third kappa shape index (κ3) is 3.36. The minimum Gasteiger partial charge on any atom is -0.400 e. The summed E-state index contributed by atoms with van der Waals surface area (Å²) in [6.45, 7) is 12.1. The van der Waals surface area contributed by atoms with E-state index in [9.17, 15) is 0 Å². The van der Waals surface area contributed by atoms with Gasteiger partial charge in [0.1, 0.15) is 0 Å². The maximum Gasteiger partial charge on any atom is 0.487 e. The summed E-state index contributed by atoms with van der Waals surface area (Å²) in [4.78, 5) is 4.42. The van der Waals surface area contributed by atoms with E-state index in [1.54, 1.807) is 0 Å². The maximum absolute atomic E-state index is 5.93. The van der Waals surface area contributed by atoms with Crippen LogP contribution in [0.25, 0.3) is 6.08 Å². The van der Waals surface area contributed by atoms with Crippen LogP contribution in [0.3, 0.4) is 0 Å². The topological polar surface area (TPSA) is 57.4 Å². The van der Waals surface area contributed by atoms with Crippen molar-refractivity contribution in [3.63, 3.8) is 0 Å². The summed E-state index contributed by atoms with van der Waals surface area (Å²) in [5, 5.41) is 0. The smallest absolute Gasteiger partial charge is 0.400 e. The molecular weight excluding hydrogens is 263 g/mol. The second kappa shape index (κ2) is 5.56. The van der Waals surface area contributed by atoms with Crippen LogP contribution in [0, 0.1) is 6.92 Å². The molecule has 1 aliphatic heterocycles. The fourth-order valence-corrected chi connectivity index (χ4v) is 2.33. The third-order valence-electron chi connectivity index (χ3n) is 4.29. The predicted molar refractivity (Wildman–Crippen MR) is 86.7 cm³/mol. The summed E-state index contributed by atoms with van der Waals surface area (Å²) >= 11 is 0. The van der Waals surface area contributed by atoms with Gasteiger partial charge >= 0.3 is 7.12 Å². The highest BCUT2D eigenvalue weighted by Gasteiger charge is 2.49.